The fourth-order valence-electron chi connectivity index (χ4n) is 9.76. The van der Waals surface area contributed by atoms with Crippen LogP contribution in [0.5, 0.6) is 11.5 Å². The molecule has 3 fully saturated rings. The number of anilines is 3. The molecule has 0 saturated carbocycles. The number of carbonyl (C=O) groups is 2. The van der Waals surface area contributed by atoms with Gasteiger partial charge in [-0.15, -0.1) is 0 Å². The molecule has 14 nitrogen and oxygen atoms in total. The van der Waals surface area contributed by atoms with E-state index in [9.17, 15) is 40.3 Å². The van der Waals surface area contributed by atoms with Crippen molar-refractivity contribution in [1.82, 2.24) is 24.7 Å². The van der Waals surface area contributed by atoms with Crippen LogP contribution in [0.15, 0.2) is 97.3 Å². The molecule has 3 aliphatic heterocycles. The van der Waals surface area contributed by atoms with Crippen LogP contribution in [0.25, 0.3) is 11.1 Å². The number of esters is 2. The molecular weight excluding hydrogens is 1080 g/mol. The Morgan fingerprint density at radius 2 is 0.855 bits per heavy atom. The van der Waals surface area contributed by atoms with Crippen molar-refractivity contribution in [3.05, 3.63) is 160 Å². The molecule has 4 aromatic carbocycles. The lowest BCUT2D eigenvalue weighted by atomic mass is 10.0. The Labute approximate surface area is 479 Å². The van der Waals surface area contributed by atoms with Gasteiger partial charge in [0.25, 0.3) is 0 Å². The molecule has 0 atom stereocenters. The van der Waals surface area contributed by atoms with E-state index in [1.165, 1.54) is 56.6 Å². The normalized spacial score (nSPS) is 14.8. The minimum atomic E-state index is -1.43. The Balaban J connectivity index is 0.000000180. The van der Waals surface area contributed by atoms with Gasteiger partial charge in [-0.25, -0.2) is 50.3 Å². The van der Waals surface area contributed by atoms with Gasteiger partial charge in [0.05, 0.1) is 11.1 Å². The zero-order valence-electron chi connectivity index (χ0n) is 46.8. The lowest BCUT2D eigenvalue weighted by Crippen LogP contribution is -2.46. The molecule has 6 aromatic rings. The summed E-state index contributed by atoms with van der Waals surface area (Å²) in [7, 11) is 0. The molecule has 3 saturated heterocycles. The van der Waals surface area contributed by atoms with Crippen molar-refractivity contribution in [2.75, 3.05) is 113 Å². The van der Waals surface area contributed by atoms with Gasteiger partial charge in [-0.1, -0.05) is 52.2 Å². The van der Waals surface area contributed by atoms with Gasteiger partial charge < -0.3 is 24.2 Å². The number of nitriles is 2. The fraction of sp³-hybridized carbons (Fsp3) is 0.387. The van der Waals surface area contributed by atoms with Gasteiger partial charge in [-0.2, -0.15) is 10.5 Å². The van der Waals surface area contributed by atoms with Gasteiger partial charge in [0.15, 0.2) is 17.5 Å². The molecule has 83 heavy (non-hydrogen) atoms. The summed E-state index contributed by atoms with van der Waals surface area (Å²) in [6, 6.07) is 22.3. The van der Waals surface area contributed by atoms with Gasteiger partial charge in [0.2, 0.25) is 0 Å². The van der Waals surface area contributed by atoms with Crippen LogP contribution in [0, 0.1) is 63.4 Å². The molecule has 0 amide bonds. The fourth-order valence-corrected chi connectivity index (χ4v) is 9.76. The lowest BCUT2D eigenvalue weighted by Gasteiger charge is -2.36. The van der Waals surface area contributed by atoms with Crippen molar-refractivity contribution in [3.8, 4) is 34.8 Å². The smallest absolute Gasteiger partial charge is 0.345 e. The van der Waals surface area contributed by atoms with Crippen LogP contribution in [0.4, 0.5) is 48.1 Å². The lowest BCUT2D eigenvalue weighted by molar-refractivity contribution is 0.0723. The van der Waals surface area contributed by atoms with Crippen LogP contribution in [-0.2, 0) is 0 Å². The number of carbonyl (C=O) groups excluding carboxylic acids is 2. The van der Waals surface area contributed by atoms with E-state index in [-0.39, 0.29) is 22.6 Å². The second-order valence-corrected chi connectivity index (χ2v) is 20.2. The van der Waals surface area contributed by atoms with Crippen LogP contribution in [0.1, 0.15) is 91.1 Å². The maximum Gasteiger partial charge on any atom is 0.345 e. The van der Waals surface area contributed by atoms with Crippen LogP contribution in [-0.4, -0.2) is 135 Å². The second kappa shape index (κ2) is 30.8. The van der Waals surface area contributed by atoms with Gasteiger partial charge in [0, 0.05) is 121 Å². The summed E-state index contributed by atoms with van der Waals surface area (Å²) in [6.45, 7) is 21.3. The van der Waals surface area contributed by atoms with E-state index in [2.05, 4.69) is 60.1 Å². The average molecular weight is 1150 g/mol. The van der Waals surface area contributed by atoms with Gasteiger partial charge in [-0.05, 0) is 98.6 Å². The minimum absolute atomic E-state index is 0.165. The number of halogens is 7. The van der Waals surface area contributed by atoms with E-state index in [0.717, 1.165) is 158 Å². The molecule has 21 heteroatoms. The number of nitrogens with zero attached hydrogens (tertiary/aromatic N) is 10. The van der Waals surface area contributed by atoms with E-state index >= 15 is 0 Å². The molecule has 0 aliphatic carbocycles. The summed E-state index contributed by atoms with van der Waals surface area (Å²) in [6.07, 6.45) is 10.1. The highest BCUT2D eigenvalue weighted by Gasteiger charge is 2.23. The van der Waals surface area contributed by atoms with E-state index in [1.807, 2.05) is 24.3 Å². The third-order valence-corrected chi connectivity index (χ3v) is 14.4. The van der Waals surface area contributed by atoms with Crippen molar-refractivity contribution < 1.29 is 49.8 Å². The first kappa shape index (κ1) is 62.5. The summed E-state index contributed by atoms with van der Waals surface area (Å²) in [5.74, 6) is -8.72. The minimum Gasteiger partial charge on any atom is -0.423 e. The zero-order chi connectivity index (χ0) is 59.4. The maximum absolute atomic E-state index is 13.7. The molecule has 0 radical (unpaired) electrons. The number of unbranched alkanes of at least 4 members (excludes halogenated alkanes) is 3. The third kappa shape index (κ3) is 17.5. The van der Waals surface area contributed by atoms with E-state index < -0.39 is 63.8 Å². The first-order valence-corrected chi connectivity index (χ1v) is 27.9. The van der Waals surface area contributed by atoms with E-state index in [1.54, 1.807) is 24.3 Å². The largest absolute Gasteiger partial charge is 0.423 e. The summed E-state index contributed by atoms with van der Waals surface area (Å²) in [5, 5.41) is 17.4. The van der Waals surface area contributed by atoms with Crippen molar-refractivity contribution in [2.45, 2.75) is 59.3 Å². The van der Waals surface area contributed by atoms with Crippen LogP contribution < -0.4 is 24.2 Å². The Morgan fingerprint density at radius 3 is 1.22 bits per heavy atom. The number of hydrogen-bond acceptors (Lipinski definition) is 14. The van der Waals surface area contributed by atoms with Crippen LogP contribution >= 0.6 is 0 Å². The van der Waals surface area contributed by atoms with E-state index in [0.29, 0.717) is 11.1 Å². The van der Waals surface area contributed by atoms with Crippen molar-refractivity contribution >= 4 is 29.3 Å². The number of piperazine rings is 3. The topological polar surface area (TPSA) is 145 Å². The first-order chi connectivity index (χ1) is 40.1. The molecule has 9 rings (SSSR count). The number of rotatable bonds is 17. The molecule has 0 bridgehead atoms. The zero-order valence-corrected chi connectivity index (χ0v) is 46.8. The summed E-state index contributed by atoms with van der Waals surface area (Å²) >= 11 is 0. The quantitative estimate of drug-likeness (QED) is 0.0281. The molecule has 3 aliphatic rings. The Hall–Kier alpha value is -8.11. The predicted molar refractivity (Wildman–Crippen MR) is 303 cm³/mol. The SMILES string of the molecule is CCCCCCN1CCN(c2ccc(C(=O)Oc3cc(F)c(C#N)c(F)c3)cn2)CC1.CCCN1CCN(c2ccc(-c3cc(F)c(F)c(F)c3)cc2)CC1.CCCN1CCN(c2ccc(C(=O)Oc3cc(F)c(C#N)c(F)c3)cn2)CC1. The summed E-state index contributed by atoms with van der Waals surface area (Å²) in [4.78, 5) is 47.1. The van der Waals surface area contributed by atoms with Crippen molar-refractivity contribution in [2.24, 2.45) is 0 Å². The number of benzene rings is 4. The standard InChI is InChI=1S/C23H26F2N4O2.C20H20F2N4O2.C19H21F3N2/c1-2-3-4-5-8-28-9-11-29(12-10-28)22-7-6-17(16-27-22)23(30)31-18-13-20(24)19(15-26)21(25)14-18;1-2-5-25-6-8-26(9-7-25)19-4-3-14(13-24-19)20(27)28-15-10-17(21)16(12-23)18(22)11-15;1-2-7-23-8-10-24(11-9-23)16-5-3-14(4-6-16)15-12-17(20)19(22)18(21)13-15/h6-7,13-14,16H,2-5,8-12H2,1H3;3-4,10-11,13H,2,5-9H2,1H3;3-6,12-13H,2,7-11H2,1H3. The number of ether oxygens (including phenoxy) is 2. The highest BCUT2D eigenvalue weighted by atomic mass is 19.2. The van der Waals surface area contributed by atoms with Crippen molar-refractivity contribution in [3.63, 3.8) is 0 Å². The first-order valence-electron chi connectivity index (χ1n) is 27.9. The average Bonchev–Trinajstić information content (AvgIpc) is 3.50. The number of aromatic nitrogens is 2. The molecule has 2 aromatic heterocycles. The maximum atomic E-state index is 13.7. The summed E-state index contributed by atoms with van der Waals surface area (Å²) < 4.78 is 104. The number of pyridine rings is 2. The molecule has 5 heterocycles. The van der Waals surface area contributed by atoms with Gasteiger partial charge >= 0.3 is 11.9 Å². The highest BCUT2D eigenvalue weighted by molar-refractivity contribution is 5.91. The van der Waals surface area contributed by atoms with E-state index in [4.69, 9.17) is 20.0 Å². The molecule has 438 valence electrons. The summed E-state index contributed by atoms with van der Waals surface area (Å²) in [5.41, 5.74) is 1.00. The monoisotopic (exact) mass is 1150 g/mol. The molecule has 0 unspecified atom stereocenters. The third-order valence-electron chi connectivity index (χ3n) is 14.4. The Bertz CT molecular complexity index is 3120. The molecule has 0 N–H and O–H groups in total. The Morgan fingerprint density at radius 1 is 0.458 bits per heavy atom. The highest BCUT2D eigenvalue weighted by Crippen LogP contribution is 2.28. The van der Waals surface area contributed by atoms with Crippen LogP contribution in [0.3, 0.4) is 0 Å². The van der Waals surface area contributed by atoms with Gasteiger partial charge in [-0.3, -0.25) is 14.7 Å². The predicted octanol–water partition coefficient (Wildman–Crippen LogP) is 11.4. The van der Waals surface area contributed by atoms with Gasteiger partial charge in [0.1, 0.15) is 69.7 Å². The molecular formula is C62H67F7N10O4. The Kier molecular flexibility index (Phi) is 23.2. The second-order valence-electron chi connectivity index (χ2n) is 20.2. The van der Waals surface area contributed by atoms with Crippen molar-refractivity contribution in [1.29, 1.82) is 10.5 Å². The number of hydrogen-bond donors (Lipinski definition) is 0. The molecule has 0 spiro atoms. The van der Waals surface area contributed by atoms with Crippen LogP contribution in [0.2, 0.25) is 0 Å².